The Morgan fingerprint density at radius 2 is 1.27 bits per heavy atom. The number of nitrogens with zero attached hydrogens (tertiary/aromatic N) is 1. The van der Waals surface area contributed by atoms with Crippen molar-refractivity contribution in [1.29, 1.82) is 0 Å². The molecule has 2 aromatic rings. The van der Waals surface area contributed by atoms with Gasteiger partial charge in [0.25, 0.3) is 0 Å². The predicted molar refractivity (Wildman–Crippen MR) is 81.3 cm³/mol. The first-order valence-electron chi connectivity index (χ1n) is 6.85. The molecule has 0 fully saturated rings. The Morgan fingerprint density at radius 3 is 1.64 bits per heavy atom. The van der Waals surface area contributed by atoms with Gasteiger partial charge >= 0.3 is 6.09 Å². The van der Waals surface area contributed by atoms with E-state index in [0.717, 1.165) is 11.1 Å². The molecule has 1 radical (unpaired) electrons. The Bertz CT molecular complexity index is 593. The molecule has 115 valence electrons. The molecule has 0 bridgehead atoms. The molecule has 1 amide bonds. The molecule has 0 atom stereocenters. The SMILES string of the molecule is COc1ccccc1CN(Cc1ccccc1OC)C([O])=O. The third-order valence-corrected chi connectivity index (χ3v) is 3.37. The van der Waals surface area contributed by atoms with Crippen molar-refractivity contribution in [2.75, 3.05) is 14.2 Å². The standard InChI is InChI=1S/C17H18NO4/c1-21-15-9-5-3-7-13(15)11-18(17(19)20)12-14-8-4-6-10-16(14)22-2/h3-10H,11-12H2,1-2H3. The fraction of sp³-hybridized carbons (Fsp3) is 0.235. The van der Waals surface area contributed by atoms with Crippen LogP contribution in [-0.2, 0) is 18.2 Å². The molecule has 0 unspecified atom stereocenters. The van der Waals surface area contributed by atoms with Crippen LogP contribution >= 0.6 is 0 Å². The molecular weight excluding hydrogens is 282 g/mol. The second-order valence-corrected chi connectivity index (χ2v) is 4.75. The summed E-state index contributed by atoms with van der Waals surface area (Å²) in [4.78, 5) is 12.7. The van der Waals surface area contributed by atoms with Gasteiger partial charge in [0.15, 0.2) is 0 Å². The highest BCUT2D eigenvalue weighted by atomic mass is 16.5. The molecule has 0 N–H and O–H groups in total. The number of carbonyl (C=O) groups excluding carboxylic acids is 1. The van der Waals surface area contributed by atoms with Crippen LogP contribution in [0.25, 0.3) is 0 Å². The van der Waals surface area contributed by atoms with Gasteiger partial charge in [0, 0.05) is 11.1 Å². The maximum absolute atomic E-state index is 11.4. The lowest BCUT2D eigenvalue weighted by Crippen LogP contribution is -2.28. The van der Waals surface area contributed by atoms with E-state index in [1.54, 1.807) is 26.4 Å². The summed E-state index contributed by atoms with van der Waals surface area (Å²) in [6.07, 6.45) is -1.24. The fourth-order valence-corrected chi connectivity index (χ4v) is 2.26. The smallest absolute Gasteiger partial charge is 0.453 e. The lowest BCUT2D eigenvalue weighted by Gasteiger charge is -2.20. The van der Waals surface area contributed by atoms with E-state index in [-0.39, 0.29) is 13.1 Å². The van der Waals surface area contributed by atoms with Crippen molar-refractivity contribution in [2.24, 2.45) is 0 Å². The highest BCUT2D eigenvalue weighted by Crippen LogP contribution is 2.23. The summed E-state index contributed by atoms with van der Waals surface area (Å²) >= 11 is 0. The largest absolute Gasteiger partial charge is 0.496 e. The summed E-state index contributed by atoms with van der Waals surface area (Å²) in [6, 6.07) is 14.6. The van der Waals surface area contributed by atoms with Gasteiger partial charge in [-0.15, -0.1) is 0 Å². The van der Waals surface area contributed by atoms with Gasteiger partial charge in [-0.05, 0) is 12.1 Å². The minimum atomic E-state index is -1.24. The zero-order valence-electron chi connectivity index (χ0n) is 12.6. The van der Waals surface area contributed by atoms with Gasteiger partial charge < -0.3 is 9.47 Å². The Balaban J connectivity index is 2.22. The van der Waals surface area contributed by atoms with Gasteiger partial charge in [-0.1, -0.05) is 36.4 Å². The monoisotopic (exact) mass is 300 g/mol. The number of hydrogen-bond donors (Lipinski definition) is 0. The van der Waals surface area contributed by atoms with E-state index in [4.69, 9.17) is 9.47 Å². The summed E-state index contributed by atoms with van der Waals surface area (Å²) in [7, 11) is 3.12. The molecule has 5 nitrogen and oxygen atoms in total. The topological polar surface area (TPSA) is 58.7 Å². The molecular formula is C17H18NO4. The summed E-state index contributed by atoms with van der Waals surface area (Å²) < 4.78 is 10.5. The molecule has 0 aromatic heterocycles. The van der Waals surface area contributed by atoms with E-state index in [2.05, 4.69) is 0 Å². The van der Waals surface area contributed by atoms with Gasteiger partial charge in [0.1, 0.15) is 11.5 Å². The summed E-state index contributed by atoms with van der Waals surface area (Å²) in [5.41, 5.74) is 1.56. The molecule has 0 saturated carbocycles. The maximum atomic E-state index is 11.4. The number of carbonyl (C=O) groups is 1. The zero-order chi connectivity index (χ0) is 15.9. The van der Waals surface area contributed by atoms with E-state index in [1.807, 2.05) is 36.4 Å². The minimum absolute atomic E-state index is 0.185. The van der Waals surface area contributed by atoms with Gasteiger partial charge in [0.05, 0.1) is 27.3 Å². The van der Waals surface area contributed by atoms with Crippen LogP contribution in [0, 0.1) is 0 Å². The highest BCUT2D eigenvalue weighted by Gasteiger charge is 2.18. The number of hydrogen-bond acceptors (Lipinski definition) is 3. The van der Waals surface area contributed by atoms with Crippen LogP contribution in [0.4, 0.5) is 4.79 Å². The van der Waals surface area contributed by atoms with E-state index < -0.39 is 6.09 Å². The van der Waals surface area contributed by atoms with Crippen molar-refractivity contribution in [2.45, 2.75) is 13.1 Å². The Hall–Kier alpha value is -2.69. The van der Waals surface area contributed by atoms with Crippen LogP contribution in [-0.4, -0.2) is 25.2 Å². The van der Waals surface area contributed by atoms with Gasteiger partial charge in [0.2, 0.25) is 0 Å². The Labute approximate surface area is 129 Å². The van der Waals surface area contributed by atoms with E-state index in [0.29, 0.717) is 11.5 Å². The molecule has 22 heavy (non-hydrogen) atoms. The van der Waals surface area contributed by atoms with Crippen LogP contribution < -0.4 is 9.47 Å². The van der Waals surface area contributed by atoms with Crippen molar-refractivity contribution in [3.05, 3.63) is 59.7 Å². The molecule has 0 heterocycles. The van der Waals surface area contributed by atoms with Crippen molar-refractivity contribution in [3.63, 3.8) is 0 Å². The second kappa shape index (κ2) is 7.36. The third-order valence-electron chi connectivity index (χ3n) is 3.37. The second-order valence-electron chi connectivity index (χ2n) is 4.75. The zero-order valence-corrected chi connectivity index (χ0v) is 12.6. The van der Waals surface area contributed by atoms with E-state index >= 15 is 0 Å². The molecule has 0 aliphatic carbocycles. The first-order valence-corrected chi connectivity index (χ1v) is 6.85. The Morgan fingerprint density at radius 1 is 0.864 bits per heavy atom. The minimum Gasteiger partial charge on any atom is -0.496 e. The molecule has 0 spiro atoms. The number of amides is 1. The highest BCUT2D eigenvalue weighted by molar-refractivity contribution is 5.65. The van der Waals surface area contributed by atoms with Crippen LogP contribution in [0.3, 0.4) is 0 Å². The van der Waals surface area contributed by atoms with Crippen molar-refractivity contribution < 1.29 is 19.4 Å². The average Bonchev–Trinajstić information content (AvgIpc) is 2.55. The molecule has 0 aliphatic rings. The normalized spacial score (nSPS) is 10.1. The fourth-order valence-electron chi connectivity index (χ4n) is 2.26. The predicted octanol–water partition coefficient (Wildman–Crippen LogP) is 3.26. The van der Waals surface area contributed by atoms with Crippen LogP contribution in [0.15, 0.2) is 48.5 Å². The summed E-state index contributed by atoms with van der Waals surface area (Å²) in [5.74, 6) is 1.29. The molecule has 5 heteroatoms. The van der Waals surface area contributed by atoms with Crippen molar-refractivity contribution >= 4 is 6.09 Å². The molecule has 2 aromatic carbocycles. The molecule has 0 aliphatic heterocycles. The number of methoxy groups -OCH3 is 2. The first-order chi connectivity index (χ1) is 10.7. The maximum Gasteiger partial charge on any atom is 0.453 e. The van der Waals surface area contributed by atoms with Crippen LogP contribution in [0.5, 0.6) is 11.5 Å². The van der Waals surface area contributed by atoms with E-state index in [9.17, 15) is 9.90 Å². The number of ether oxygens (including phenoxy) is 2. The van der Waals surface area contributed by atoms with Crippen LogP contribution in [0.2, 0.25) is 0 Å². The summed E-state index contributed by atoms with van der Waals surface area (Å²) in [5, 5.41) is 11.4. The van der Waals surface area contributed by atoms with E-state index in [1.165, 1.54) is 4.90 Å². The lowest BCUT2D eigenvalue weighted by atomic mass is 10.1. The third kappa shape index (κ3) is 3.69. The number of para-hydroxylation sites is 2. The molecule has 2 rings (SSSR count). The van der Waals surface area contributed by atoms with Crippen LogP contribution in [0.1, 0.15) is 11.1 Å². The van der Waals surface area contributed by atoms with Crippen molar-refractivity contribution in [3.8, 4) is 11.5 Å². The van der Waals surface area contributed by atoms with Crippen molar-refractivity contribution in [1.82, 2.24) is 4.90 Å². The average molecular weight is 300 g/mol. The van der Waals surface area contributed by atoms with Gasteiger partial charge in [-0.25, -0.2) is 9.90 Å². The quantitative estimate of drug-likeness (QED) is 0.822. The Kier molecular flexibility index (Phi) is 5.25. The number of rotatable bonds is 6. The van der Waals surface area contributed by atoms with Gasteiger partial charge in [-0.2, -0.15) is 0 Å². The molecule has 0 saturated heterocycles. The first kappa shape index (κ1) is 15.7. The van der Waals surface area contributed by atoms with Gasteiger partial charge in [-0.3, -0.25) is 4.90 Å². The number of benzene rings is 2. The lowest BCUT2D eigenvalue weighted by molar-refractivity contribution is 0.113. The summed E-state index contributed by atoms with van der Waals surface area (Å²) in [6.45, 7) is 0.370.